The Morgan fingerprint density at radius 2 is 1.45 bits per heavy atom. The van der Waals surface area contributed by atoms with Crippen molar-refractivity contribution in [1.82, 2.24) is 21.3 Å². The van der Waals surface area contributed by atoms with Gasteiger partial charge >= 0.3 is 5.97 Å². The summed E-state index contributed by atoms with van der Waals surface area (Å²) in [6, 6.07) is -2.69. The highest BCUT2D eigenvalue weighted by Crippen LogP contribution is 2.07. The number of aliphatic hydroxyl groups is 1. The van der Waals surface area contributed by atoms with Gasteiger partial charge in [0.05, 0.1) is 38.4 Å². The topological polar surface area (TPSA) is 209 Å². The Morgan fingerprint density at radius 3 is 1.90 bits per heavy atom. The molecule has 0 aliphatic heterocycles. The van der Waals surface area contributed by atoms with E-state index in [4.69, 9.17) is 20.7 Å². The summed E-state index contributed by atoms with van der Waals surface area (Å²) in [7, 11) is 0. The lowest BCUT2D eigenvalue weighted by Gasteiger charge is -2.24. The van der Waals surface area contributed by atoms with Crippen LogP contribution in [0.15, 0.2) is 0 Å². The Morgan fingerprint density at radius 1 is 0.931 bits per heavy atom. The molecule has 0 spiro atoms. The SMILES string of the molecule is CC(C)(C)OC[C@H](NC(=O)CNC(=O)CN)C(=O)NCC(=O)N[C@@H](CO)C(=O)O. The largest absolute Gasteiger partial charge is 0.480 e. The van der Waals surface area contributed by atoms with Crippen LogP contribution in [0.25, 0.3) is 0 Å². The maximum atomic E-state index is 12.3. The fourth-order valence-electron chi connectivity index (χ4n) is 1.73. The van der Waals surface area contributed by atoms with Gasteiger partial charge in [-0.3, -0.25) is 19.2 Å². The van der Waals surface area contributed by atoms with Crippen molar-refractivity contribution in [3.8, 4) is 0 Å². The van der Waals surface area contributed by atoms with Crippen LogP contribution in [-0.2, 0) is 28.7 Å². The second kappa shape index (κ2) is 12.6. The van der Waals surface area contributed by atoms with Gasteiger partial charge in [-0.25, -0.2) is 4.79 Å². The number of aliphatic carboxylic acids is 1. The molecule has 0 fully saturated rings. The highest BCUT2D eigenvalue weighted by molar-refractivity contribution is 5.92. The quantitative estimate of drug-likeness (QED) is 0.164. The molecule has 0 aliphatic carbocycles. The molecule has 13 nitrogen and oxygen atoms in total. The number of hydrogen-bond acceptors (Lipinski definition) is 8. The van der Waals surface area contributed by atoms with Gasteiger partial charge < -0.3 is 42.0 Å². The number of carboxylic acids is 1. The maximum Gasteiger partial charge on any atom is 0.328 e. The predicted octanol–water partition coefficient (Wildman–Crippen LogP) is -3.96. The van der Waals surface area contributed by atoms with E-state index in [1.54, 1.807) is 20.8 Å². The molecule has 8 N–H and O–H groups in total. The average Bonchev–Trinajstić information content (AvgIpc) is 2.64. The fourth-order valence-corrected chi connectivity index (χ4v) is 1.73. The van der Waals surface area contributed by atoms with Crippen LogP contribution >= 0.6 is 0 Å². The van der Waals surface area contributed by atoms with Crippen LogP contribution < -0.4 is 27.0 Å². The summed E-state index contributed by atoms with van der Waals surface area (Å²) in [5.74, 6) is -4.29. The van der Waals surface area contributed by atoms with Gasteiger partial charge in [-0.05, 0) is 20.8 Å². The molecule has 0 aromatic heterocycles. The van der Waals surface area contributed by atoms with Crippen LogP contribution in [0.2, 0.25) is 0 Å². The summed E-state index contributed by atoms with van der Waals surface area (Å²) >= 11 is 0. The Bertz CT molecular complexity index is 605. The number of aliphatic hydroxyl groups excluding tert-OH is 1. The summed E-state index contributed by atoms with van der Waals surface area (Å²) in [5.41, 5.74) is 4.50. The third-order valence-electron chi connectivity index (χ3n) is 3.21. The predicted molar refractivity (Wildman–Crippen MR) is 99.4 cm³/mol. The van der Waals surface area contributed by atoms with Crippen LogP contribution in [0.5, 0.6) is 0 Å². The molecule has 0 aliphatic rings. The van der Waals surface area contributed by atoms with Crippen LogP contribution in [-0.4, -0.2) is 90.3 Å². The summed E-state index contributed by atoms with van der Waals surface area (Å²) < 4.78 is 5.49. The number of nitrogens with one attached hydrogen (secondary N) is 4. The first-order chi connectivity index (χ1) is 13.4. The van der Waals surface area contributed by atoms with Gasteiger partial charge in [-0.1, -0.05) is 0 Å². The molecule has 0 unspecified atom stereocenters. The van der Waals surface area contributed by atoms with Crippen molar-refractivity contribution in [1.29, 1.82) is 0 Å². The first-order valence-electron chi connectivity index (χ1n) is 8.70. The molecule has 166 valence electrons. The van der Waals surface area contributed by atoms with Crippen molar-refractivity contribution in [3.63, 3.8) is 0 Å². The molecule has 0 saturated carbocycles. The van der Waals surface area contributed by atoms with Gasteiger partial charge in [0.25, 0.3) is 0 Å². The third kappa shape index (κ3) is 12.3. The average molecular weight is 419 g/mol. The Hall–Kier alpha value is -2.77. The van der Waals surface area contributed by atoms with Crippen molar-refractivity contribution in [2.45, 2.75) is 38.5 Å². The van der Waals surface area contributed by atoms with E-state index in [1.807, 2.05) is 5.32 Å². The van der Waals surface area contributed by atoms with Crippen molar-refractivity contribution in [2.24, 2.45) is 5.73 Å². The Labute approximate surface area is 167 Å². The summed E-state index contributed by atoms with van der Waals surface area (Å²) in [6.07, 6.45) is 0. The first-order valence-corrected chi connectivity index (χ1v) is 8.70. The first kappa shape index (κ1) is 26.2. The normalized spacial score (nSPS) is 13.0. The highest BCUT2D eigenvalue weighted by atomic mass is 16.5. The zero-order valence-corrected chi connectivity index (χ0v) is 16.6. The van der Waals surface area contributed by atoms with Crippen molar-refractivity contribution in [3.05, 3.63) is 0 Å². The molecule has 2 atom stereocenters. The van der Waals surface area contributed by atoms with E-state index in [0.717, 1.165) is 0 Å². The van der Waals surface area contributed by atoms with E-state index in [9.17, 15) is 24.0 Å². The molecule has 0 saturated heterocycles. The van der Waals surface area contributed by atoms with Crippen molar-refractivity contribution in [2.75, 3.05) is 32.8 Å². The molecule has 29 heavy (non-hydrogen) atoms. The van der Waals surface area contributed by atoms with Crippen LogP contribution in [0.4, 0.5) is 0 Å². The second-order valence-corrected chi connectivity index (χ2v) is 6.88. The van der Waals surface area contributed by atoms with E-state index < -0.39 is 67.0 Å². The minimum Gasteiger partial charge on any atom is -0.480 e. The molecule has 4 amide bonds. The van der Waals surface area contributed by atoms with Gasteiger partial charge in [0.2, 0.25) is 23.6 Å². The third-order valence-corrected chi connectivity index (χ3v) is 3.21. The fraction of sp³-hybridized carbons (Fsp3) is 0.688. The smallest absolute Gasteiger partial charge is 0.328 e. The standard InChI is InChI=1S/C16H29N5O8/c1-16(2,3)29-8-10(21-12(24)5-18-11(23)4-17)14(26)19-6-13(25)20-9(7-22)15(27)28/h9-10,22H,4-8,17H2,1-3H3,(H,18,23)(H,19,26)(H,20,25)(H,21,24)(H,27,28)/t9-,10-/m0/s1. The minimum absolute atomic E-state index is 0.220. The Balaban J connectivity index is 4.82. The van der Waals surface area contributed by atoms with Crippen molar-refractivity contribution < 1.29 is 38.9 Å². The second-order valence-electron chi connectivity index (χ2n) is 6.88. The number of carbonyl (C=O) groups is 5. The maximum absolute atomic E-state index is 12.3. The summed E-state index contributed by atoms with van der Waals surface area (Å²) in [6.45, 7) is 2.87. The molecule has 0 rings (SSSR count). The molecular weight excluding hydrogens is 390 g/mol. The van der Waals surface area contributed by atoms with Crippen molar-refractivity contribution >= 4 is 29.6 Å². The molecular formula is C16H29N5O8. The van der Waals surface area contributed by atoms with Gasteiger partial charge in [-0.2, -0.15) is 0 Å². The lowest BCUT2D eigenvalue weighted by molar-refractivity contribution is -0.142. The number of hydrogen-bond donors (Lipinski definition) is 7. The van der Waals surface area contributed by atoms with Gasteiger partial charge in [0.15, 0.2) is 0 Å². The highest BCUT2D eigenvalue weighted by Gasteiger charge is 2.25. The number of amides is 4. The number of nitrogens with two attached hydrogens (primary N) is 1. The van der Waals surface area contributed by atoms with Crippen LogP contribution in [0.1, 0.15) is 20.8 Å². The monoisotopic (exact) mass is 419 g/mol. The molecule has 0 aromatic carbocycles. The van der Waals surface area contributed by atoms with Gasteiger partial charge in [-0.15, -0.1) is 0 Å². The van der Waals surface area contributed by atoms with E-state index in [0.29, 0.717) is 0 Å². The molecule has 0 aromatic rings. The zero-order chi connectivity index (χ0) is 22.6. The van der Waals surface area contributed by atoms with Gasteiger partial charge in [0.1, 0.15) is 12.1 Å². The lowest BCUT2D eigenvalue weighted by atomic mass is 10.2. The summed E-state index contributed by atoms with van der Waals surface area (Å²) in [4.78, 5) is 57.9. The lowest BCUT2D eigenvalue weighted by Crippen LogP contribution is -2.54. The van der Waals surface area contributed by atoms with Crippen LogP contribution in [0.3, 0.4) is 0 Å². The molecule has 0 radical (unpaired) electrons. The zero-order valence-electron chi connectivity index (χ0n) is 16.6. The van der Waals surface area contributed by atoms with E-state index in [1.165, 1.54) is 0 Å². The summed E-state index contributed by atoms with van der Waals surface area (Å²) in [5, 5.41) is 26.5. The molecule has 13 heteroatoms. The minimum atomic E-state index is -1.51. The number of carbonyl (C=O) groups excluding carboxylic acids is 4. The number of rotatable bonds is 12. The number of ether oxygens (including phenoxy) is 1. The van der Waals surface area contributed by atoms with E-state index in [-0.39, 0.29) is 13.2 Å². The van der Waals surface area contributed by atoms with Crippen LogP contribution in [0, 0.1) is 0 Å². The van der Waals surface area contributed by atoms with Gasteiger partial charge in [0, 0.05) is 0 Å². The Kier molecular flexibility index (Phi) is 11.4. The number of carboxylic acid groups (broad SMARTS) is 1. The van der Waals surface area contributed by atoms with E-state index >= 15 is 0 Å². The van der Waals surface area contributed by atoms with E-state index in [2.05, 4.69) is 16.0 Å². The molecule has 0 bridgehead atoms. The molecule has 0 heterocycles.